The summed E-state index contributed by atoms with van der Waals surface area (Å²) < 4.78 is 0. The predicted octanol–water partition coefficient (Wildman–Crippen LogP) is 4.70. The minimum Gasteiger partial charge on any atom is -0.368 e. The number of piperazine rings is 1. The molecule has 1 aliphatic heterocycles. The summed E-state index contributed by atoms with van der Waals surface area (Å²) in [5, 5.41) is 3.02. The molecule has 0 radical (unpaired) electrons. The molecule has 4 nitrogen and oxygen atoms in total. The van der Waals surface area contributed by atoms with Gasteiger partial charge < -0.3 is 15.1 Å². The minimum absolute atomic E-state index is 0. The average Bonchev–Trinajstić information content (AvgIpc) is 2.61. The fourth-order valence-electron chi connectivity index (χ4n) is 3.25. The van der Waals surface area contributed by atoms with Gasteiger partial charge in [-0.05, 0) is 68.1 Å². The zero-order chi connectivity index (χ0) is 18.0. The van der Waals surface area contributed by atoms with Gasteiger partial charge >= 0.3 is 6.03 Å². The molecule has 5 heteroatoms. The number of aryl methyl sites for hydroxylation is 3. The standard InChI is InChI=1S/C21H27N3O.ClH/c1-15-8-9-19(14-17(15)3)22-21(25)24-12-10-23(11-13-24)20-7-5-6-16(2)18(20)4;/h5-9,14H,10-13H2,1-4H3,(H,22,25);1H. The summed E-state index contributed by atoms with van der Waals surface area (Å²) in [5.74, 6) is 0. The van der Waals surface area contributed by atoms with E-state index in [2.05, 4.69) is 56.1 Å². The Labute approximate surface area is 162 Å². The third-order valence-corrected chi connectivity index (χ3v) is 5.24. The van der Waals surface area contributed by atoms with E-state index in [0.29, 0.717) is 0 Å². The van der Waals surface area contributed by atoms with Gasteiger partial charge in [-0.2, -0.15) is 0 Å². The first kappa shape index (κ1) is 20.1. The van der Waals surface area contributed by atoms with Crippen LogP contribution in [-0.2, 0) is 0 Å². The fraction of sp³-hybridized carbons (Fsp3) is 0.381. The lowest BCUT2D eigenvalue weighted by atomic mass is 10.1. The van der Waals surface area contributed by atoms with Gasteiger partial charge in [0.1, 0.15) is 0 Å². The number of nitrogens with one attached hydrogen (secondary N) is 1. The van der Waals surface area contributed by atoms with Crippen LogP contribution in [0.5, 0.6) is 0 Å². The fourth-order valence-corrected chi connectivity index (χ4v) is 3.25. The quantitative estimate of drug-likeness (QED) is 0.828. The van der Waals surface area contributed by atoms with Crippen LogP contribution in [0.15, 0.2) is 36.4 Å². The van der Waals surface area contributed by atoms with Crippen molar-refractivity contribution in [3.05, 3.63) is 58.7 Å². The maximum Gasteiger partial charge on any atom is 0.321 e. The lowest BCUT2D eigenvalue weighted by molar-refractivity contribution is 0.208. The molecule has 2 amide bonds. The molecule has 0 aromatic heterocycles. The van der Waals surface area contributed by atoms with Crippen molar-refractivity contribution in [2.75, 3.05) is 36.4 Å². The van der Waals surface area contributed by atoms with Gasteiger partial charge in [-0.25, -0.2) is 4.79 Å². The van der Waals surface area contributed by atoms with Gasteiger partial charge in [0.2, 0.25) is 0 Å². The molecule has 2 aromatic carbocycles. The van der Waals surface area contributed by atoms with Gasteiger partial charge in [0.25, 0.3) is 0 Å². The number of urea groups is 1. The molecule has 1 heterocycles. The van der Waals surface area contributed by atoms with Gasteiger partial charge in [-0.15, -0.1) is 12.4 Å². The Bertz CT molecular complexity index is 783. The van der Waals surface area contributed by atoms with E-state index in [-0.39, 0.29) is 18.4 Å². The van der Waals surface area contributed by atoms with E-state index < -0.39 is 0 Å². The molecule has 2 aromatic rings. The van der Waals surface area contributed by atoms with Crippen LogP contribution in [0.3, 0.4) is 0 Å². The maximum absolute atomic E-state index is 12.5. The van der Waals surface area contributed by atoms with Crippen LogP contribution in [-0.4, -0.2) is 37.1 Å². The molecule has 0 unspecified atom stereocenters. The van der Waals surface area contributed by atoms with Gasteiger partial charge in [0.05, 0.1) is 0 Å². The molecule has 1 fully saturated rings. The summed E-state index contributed by atoms with van der Waals surface area (Å²) in [6.45, 7) is 11.7. The van der Waals surface area contributed by atoms with Crippen LogP contribution < -0.4 is 10.2 Å². The third kappa shape index (κ3) is 4.31. The molecule has 140 valence electrons. The summed E-state index contributed by atoms with van der Waals surface area (Å²) in [7, 11) is 0. The second-order valence-electron chi connectivity index (χ2n) is 6.92. The highest BCUT2D eigenvalue weighted by molar-refractivity contribution is 5.89. The van der Waals surface area contributed by atoms with E-state index in [4.69, 9.17) is 0 Å². The number of carbonyl (C=O) groups is 1. The third-order valence-electron chi connectivity index (χ3n) is 5.24. The lowest BCUT2D eigenvalue weighted by Crippen LogP contribution is -2.50. The number of anilines is 2. The van der Waals surface area contributed by atoms with E-state index in [1.54, 1.807) is 0 Å². The number of rotatable bonds is 2. The van der Waals surface area contributed by atoms with Crippen molar-refractivity contribution in [2.45, 2.75) is 27.7 Å². The lowest BCUT2D eigenvalue weighted by Gasteiger charge is -2.37. The smallest absolute Gasteiger partial charge is 0.321 e. The molecule has 3 rings (SSSR count). The zero-order valence-corrected chi connectivity index (χ0v) is 16.8. The SMILES string of the molecule is Cc1ccc(NC(=O)N2CCN(c3cccc(C)c3C)CC2)cc1C.Cl. The second kappa shape index (κ2) is 8.45. The predicted molar refractivity (Wildman–Crippen MR) is 112 cm³/mol. The summed E-state index contributed by atoms with van der Waals surface area (Å²) in [6, 6.07) is 12.5. The van der Waals surface area contributed by atoms with Crippen LogP contribution in [0.1, 0.15) is 22.3 Å². The number of amides is 2. The summed E-state index contributed by atoms with van der Waals surface area (Å²) in [6.07, 6.45) is 0. The summed E-state index contributed by atoms with van der Waals surface area (Å²) in [5.41, 5.74) is 7.22. The van der Waals surface area contributed by atoms with Crippen molar-refractivity contribution >= 4 is 29.8 Å². The number of hydrogen-bond donors (Lipinski definition) is 1. The van der Waals surface area contributed by atoms with Crippen LogP contribution in [0, 0.1) is 27.7 Å². The monoisotopic (exact) mass is 373 g/mol. The van der Waals surface area contributed by atoms with Crippen molar-refractivity contribution in [3.63, 3.8) is 0 Å². The van der Waals surface area contributed by atoms with Gasteiger partial charge in [0, 0.05) is 37.6 Å². The molecule has 0 aliphatic carbocycles. The number of halogens is 1. The van der Waals surface area contributed by atoms with Crippen molar-refractivity contribution in [1.29, 1.82) is 0 Å². The molecule has 26 heavy (non-hydrogen) atoms. The Morgan fingerprint density at radius 1 is 0.885 bits per heavy atom. The summed E-state index contributed by atoms with van der Waals surface area (Å²) in [4.78, 5) is 16.8. The maximum atomic E-state index is 12.5. The van der Waals surface area contributed by atoms with Gasteiger partial charge in [0.15, 0.2) is 0 Å². The summed E-state index contributed by atoms with van der Waals surface area (Å²) >= 11 is 0. The number of hydrogen-bond acceptors (Lipinski definition) is 2. The molecule has 0 saturated carbocycles. The average molecular weight is 374 g/mol. The van der Waals surface area contributed by atoms with Crippen LogP contribution in [0.2, 0.25) is 0 Å². The topological polar surface area (TPSA) is 35.6 Å². The van der Waals surface area contributed by atoms with E-state index in [9.17, 15) is 4.79 Å². The van der Waals surface area contributed by atoms with Crippen molar-refractivity contribution < 1.29 is 4.79 Å². The zero-order valence-electron chi connectivity index (χ0n) is 16.0. The first-order valence-corrected chi connectivity index (χ1v) is 8.90. The second-order valence-corrected chi connectivity index (χ2v) is 6.92. The Kier molecular flexibility index (Phi) is 6.54. The number of carbonyl (C=O) groups excluding carboxylic acids is 1. The van der Waals surface area contributed by atoms with Crippen molar-refractivity contribution in [2.24, 2.45) is 0 Å². The first-order chi connectivity index (χ1) is 12.0. The van der Waals surface area contributed by atoms with Gasteiger partial charge in [-0.3, -0.25) is 0 Å². The first-order valence-electron chi connectivity index (χ1n) is 8.90. The Hall–Kier alpha value is -2.20. The molecular formula is C21H28ClN3O. The van der Waals surface area contributed by atoms with Crippen LogP contribution in [0.4, 0.5) is 16.2 Å². The Balaban J connectivity index is 0.00000243. The van der Waals surface area contributed by atoms with Gasteiger partial charge in [-0.1, -0.05) is 18.2 Å². The van der Waals surface area contributed by atoms with E-state index in [1.807, 2.05) is 23.1 Å². The highest BCUT2D eigenvalue weighted by Gasteiger charge is 2.22. The molecular weight excluding hydrogens is 346 g/mol. The minimum atomic E-state index is -0.0103. The largest absolute Gasteiger partial charge is 0.368 e. The highest BCUT2D eigenvalue weighted by atomic mass is 35.5. The van der Waals surface area contributed by atoms with Crippen molar-refractivity contribution in [3.8, 4) is 0 Å². The molecule has 1 aliphatic rings. The molecule has 0 atom stereocenters. The molecule has 1 N–H and O–H groups in total. The highest BCUT2D eigenvalue weighted by Crippen LogP contribution is 2.24. The van der Waals surface area contributed by atoms with Crippen LogP contribution in [0.25, 0.3) is 0 Å². The van der Waals surface area contributed by atoms with Crippen molar-refractivity contribution in [1.82, 2.24) is 4.90 Å². The molecule has 1 saturated heterocycles. The Morgan fingerprint density at radius 2 is 1.58 bits per heavy atom. The Morgan fingerprint density at radius 3 is 2.23 bits per heavy atom. The van der Waals surface area contributed by atoms with E-state index in [0.717, 1.165) is 31.9 Å². The van der Waals surface area contributed by atoms with E-state index in [1.165, 1.54) is 27.9 Å². The van der Waals surface area contributed by atoms with E-state index >= 15 is 0 Å². The van der Waals surface area contributed by atoms with Crippen LogP contribution >= 0.6 is 12.4 Å². The number of nitrogens with zero attached hydrogens (tertiary/aromatic N) is 2. The number of benzene rings is 2. The molecule has 0 bridgehead atoms. The normalized spacial score (nSPS) is 14.0. The molecule has 0 spiro atoms.